The smallest absolute Gasteiger partial charge is 0.0493 e. The first-order valence-corrected chi connectivity index (χ1v) is 3.57. The average molecular weight is 158 g/mol. The third kappa shape index (κ3) is 4.61. The molecule has 66 valence electrons. The molecule has 0 aliphatic rings. The second-order valence-electron chi connectivity index (χ2n) is 2.73. The molecule has 0 aromatic heterocycles. The molecule has 0 saturated heterocycles. The molecule has 0 atom stereocenters. The van der Waals surface area contributed by atoms with Crippen LogP contribution in [-0.2, 0) is 0 Å². The zero-order valence-corrected chi connectivity index (χ0v) is 7.66. The fourth-order valence-electron chi connectivity index (χ4n) is 0.616. The first kappa shape index (κ1) is 10.2. The van der Waals surface area contributed by atoms with Crippen LogP contribution in [0.3, 0.4) is 0 Å². The largest absolute Gasteiger partial charge is 0.846 e. The van der Waals surface area contributed by atoms with Crippen molar-refractivity contribution in [3.8, 4) is 0 Å². The number of aliphatic imine (C=N–C) groups is 1. The molecule has 0 aromatic carbocycles. The molecular formula is C7H16N3O-. The molecule has 0 fully saturated rings. The van der Waals surface area contributed by atoms with Gasteiger partial charge in [0.2, 0.25) is 0 Å². The first-order valence-electron chi connectivity index (χ1n) is 3.57. The van der Waals surface area contributed by atoms with E-state index in [1.807, 2.05) is 19.0 Å². The lowest BCUT2D eigenvalue weighted by Crippen LogP contribution is -2.40. The Hall–Kier alpha value is -0.770. The number of hydrogen-bond acceptors (Lipinski definition) is 3. The van der Waals surface area contributed by atoms with E-state index in [1.54, 1.807) is 11.9 Å². The van der Waals surface area contributed by atoms with Gasteiger partial charge in [0.25, 0.3) is 0 Å². The van der Waals surface area contributed by atoms with Crippen LogP contribution in [0.2, 0.25) is 0 Å². The summed E-state index contributed by atoms with van der Waals surface area (Å²) in [6, 6.07) is -0.160. The van der Waals surface area contributed by atoms with Crippen LogP contribution in [0.25, 0.3) is 0 Å². The van der Waals surface area contributed by atoms with Crippen molar-refractivity contribution in [2.45, 2.75) is 0 Å². The molecule has 0 saturated carbocycles. The highest BCUT2D eigenvalue weighted by Gasteiger charge is 1.95. The van der Waals surface area contributed by atoms with E-state index < -0.39 is 0 Å². The number of amidine groups is 1. The molecule has 0 aromatic rings. The van der Waals surface area contributed by atoms with Crippen molar-refractivity contribution in [1.29, 1.82) is 0 Å². The average Bonchev–Trinajstić information content (AvgIpc) is 1.98. The lowest BCUT2D eigenvalue weighted by molar-refractivity contribution is -0.233. The monoisotopic (exact) mass is 158 g/mol. The van der Waals surface area contributed by atoms with E-state index in [0.717, 1.165) is 13.1 Å². The fourth-order valence-corrected chi connectivity index (χ4v) is 0.616. The molecular weight excluding hydrogens is 142 g/mol. The fraction of sp³-hybridized carbons (Fsp3) is 0.857. The van der Waals surface area contributed by atoms with Crippen LogP contribution >= 0.6 is 0 Å². The Morgan fingerprint density at radius 1 is 1.27 bits per heavy atom. The van der Waals surface area contributed by atoms with Crippen LogP contribution in [0, 0.1) is 0 Å². The van der Waals surface area contributed by atoms with Gasteiger partial charge >= 0.3 is 0 Å². The lowest BCUT2D eigenvalue weighted by atomic mass is 10.5. The normalized spacial score (nSPS) is 12.3. The van der Waals surface area contributed by atoms with Gasteiger partial charge in [-0.25, -0.2) is 0 Å². The number of likely N-dealkylation sites (N-methyl/N-ethyl adjacent to an activating group) is 2. The molecule has 0 N–H and O–H groups in total. The third-order valence-corrected chi connectivity index (χ3v) is 1.40. The Bertz CT molecular complexity index is 134. The van der Waals surface area contributed by atoms with E-state index in [1.165, 1.54) is 7.05 Å². The van der Waals surface area contributed by atoms with Crippen molar-refractivity contribution in [2.75, 3.05) is 41.3 Å². The summed E-state index contributed by atoms with van der Waals surface area (Å²) >= 11 is 0. The molecule has 0 radical (unpaired) electrons. The van der Waals surface area contributed by atoms with E-state index in [-0.39, 0.29) is 6.02 Å². The highest BCUT2D eigenvalue weighted by Crippen LogP contribution is 1.82. The molecule has 4 nitrogen and oxygen atoms in total. The number of hydrogen-bond donors (Lipinski definition) is 0. The van der Waals surface area contributed by atoms with Crippen molar-refractivity contribution >= 4 is 6.02 Å². The first-order chi connectivity index (χ1) is 5.07. The standard InChI is InChI=1S/C7H17N3O/c1-8-7(11)10(4)6-5-9(2)3/h5-6H2,1-4H3,(H,8,11)/p-1. The van der Waals surface area contributed by atoms with Gasteiger partial charge in [-0.15, -0.1) is 0 Å². The highest BCUT2D eigenvalue weighted by atomic mass is 16.3. The van der Waals surface area contributed by atoms with Crippen molar-refractivity contribution < 1.29 is 5.11 Å². The maximum atomic E-state index is 10.9. The van der Waals surface area contributed by atoms with Crippen molar-refractivity contribution in [1.82, 2.24) is 9.80 Å². The van der Waals surface area contributed by atoms with Crippen LogP contribution in [0.1, 0.15) is 0 Å². The van der Waals surface area contributed by atoms with E-state index in [2.05, 4.69) is 4.99 Å². The maximum absolute atomic E-state index is 10.9. The summed E-state index contributed by atoms with van der Waals surface area (Å²) in [5.74, 6) is 0. The Balaban J connectivity index is 3.61. The molecule has 0 rings (SSSR count). The van der Waals surface area contributed by atoms with Crippen LogP contribution in [0.4, 0.5) is 0 Å². The van der Waals surface area contributed by atoms with Crippen LogP contribution in [0.5, 0.6) is 0 Å². The van der Waals surface area contributed by atoms with Gasteiger partial charge < -0.3 is 14.9 Å². The van der Waals surface area contributed by atoms with Gasteiger partial charge in [-0.3, -0.25) is 4.99 Å². The maximum Gasteiger partial charge on any atom is 0.0493 e. The minimum atomic E-state index is -0.160. The highest BCUT2D eigenvalue weighted by molar-refractivity contribution is 5.68. The van der Waals surface area contributed by atoms with Gasteiger partial charge in [0.15, 0.2) is 0 Å². The summed E-state index contributed by atoms with van der Waals surface area (Å²) in [5.41, 5.74) is 0. The predicted molar refractivity (Wildman–Crippen MR) is 44.5 cm³/mol. The summed E-state index contributed by atoms with van der Waals surface area (Å²) in [4.78, 5) is 7.16. The molecule has 4 heteroatoms. The third-order valence-electron chi connectivity index (χ3n) is 1.40. The number of nitrogens with zero attached hydrogens (tertiary/aromatic N) is 3. The van der Waals surface area contributed by atoms with E-state index >= 15 is 0 Å². The van der Waals surface area contributed by atoms with E-state index in [0.29, 0.717) is 0 Å². The lowest BCUT2D eigenvalue weighted by Gasteiger charge is -2.25. The number of rotatable bonds is 3. The van der Waals surface area contributed by atoms with Gasteiger partial charge in [-0.2, -0.15) is 0 Å². The van der Waals surface area contributed by atoms with Gasteiger partial charge in [0.1, 0.15) is 0 Å². The Morgan fingerprint density at radius 3 is 2.18 bits per heavy atom. The second kappa shape index (κ2) is 4.96. The molecule has 11 heavy (non-hydrogen) atoms. The van der Waals surface area contributed by atoms with Gasteiger partial charge in [-0.05, 0) is 14.1 Å². The topological polar surface area (TPSA) is 41.9 Å². The van der Waals surface area contributed by atoms with Crippen molar-refractivity contribution in [2.24, 2.45) is 4.99 Å². The molecule has 0 aliphatic carbocycles. The predicted octanol–water partition coefficient (Wildman–Crippen LogP) is -1.17. The Morgan fingerprint density at radius 2 is 1.82 bits per heavy atom. The molecule has 0 unspecified atom stereocenters. The second-order valence-corrected chi connectivity index (χ2v) is 2.73. The van der Waals surface area contributed by atoms with Crippen LogP contribution in [-0.4, -0.2) is 57.1 Å². The summed E-state index contributed by atoms with van der Waals surface area (Å²) < 4.78 is 0. The molecule has 0 spiro atoms. The molecule has 0 aliphatic heterocycles. The summed E-state index contributed by atoms with van der Waals surface area (Å²) in [6.45, 7) is 1.60. The van der Waals surface area contributed by atoms with Crippen LogP contribution < -0.4 is 5.11 Å². The molecule has 0 bridgehead atoms. The van der Waals surface area contributed by atoms with Crippen LogP contribution in [0.15, 0.2) is 4.99 Å². The summed E-state index contributed by atoms with van der Waals surface area (Å²) in [5, 5.41) is 10.9. The van der Waals surface area contributed by atoms with Gasteiger partial charge in [0.05, 0.1) is 0 Å². The van der Waals surface area contributed by atoms with E-state index in [4.69, 9.17) is 0 Å². The quantitative estimate of drug-likeness (QED) is 0.384. The SMILES string of the molecule is CN=C([O-])N(C)CCN(C)C. The molecule has 0 heterocycles. The minimum absolute atomic E-state index is 0.160. The molecule has 0 amide bonds. The minimum Gasteiger partial charge on any atom is -0.846 e. The van der Waals surface area contributed by atoms with E-state index in [9.17, 15) is 5.11 Å². The zero-order valence-electron chi connectivity index (χ0n) is 7.66. The van der Waals surface area contributed by atoms with Crippen molar-refractivity contribution in [3.05, 3.63) is 0 Å². The zero-order chi connectivity index (χ0) is 8.85. The Labute approximate surface area is 68.1 Å². The van der Waals surface area contributed by atoms with Crippen molar-refractivity contribution in [3.63, 3.8) is 0 Å². The van der Waals surface area contributed by atoms with Gasteiger partial charge in [0, 0.05) is 33.2 Å². The summed E-state index contributed by atoms with van der Waals surface area (Å²) in [6.07, 6.45) is 0. The Kier molecular flexibility index (Phi) is 4.61. The van der Waals surface area contributed by atoms with Gasteiger partial charge in [-0.1, -0.05) is 0 Å². The summed E-state index contributed by atoms with van der Waals surface area (Å²) in [7, 11) is 7.20.